The summed E-state index contributed by atoms with van der Waals surface area (Å²) in [6, 6.07) is 0. The van der Waals surface area contributed by atoms with Gasteiger partial charge in [-0.15, -0.1) is 0 Å². The van der Waals surface area contributed by atoms with Crippen LogP contribution in [0.3, 0.4) is 0 Å². The van der Waals surface area contributed by atoms with Crippen LogP contribution in [0.25, 0.3) is 0 Å². The Morgan fingerprint density at radius 2 is 1.53 bits per heavy atom. The number of hydrogen-bond donors (Lipinski definition) is 2. The zero-order valence-electron chi connectivity index (χ0n) is 9.95. The Labute approximate surface area is 92.5 Å². The second-order valence-corrected chi connectivity index (χ2v) is 5.16. The average molecular weight is 216 g/mol. The third kappa shape index (κ3) is 4.47. The van der Waals surface area contributed by atoms with Crippen molar-refractivity contribution in [3.63, 3.8) is 0 Å². The summed E-state index contributed by atoms with van der Waals surface area (Å²) in [4.78, 5) is 4.67. The maximum absolute atomic E-state index is 9.19. The molecule has 90 valence electrons. The van der Waals surface area contributed by atoms with E-state index < -0.39 is 0 Å². The molecule has 0 bridgehead atoms. The zero-order chi connectivity index (χ0) is 11.3. The lowest BCUT2D eigenvalue weighted by Crippen LogP contribution is -2.50. The van der Waals surface area contributed by atoms with Gasteiger partial charge >= 0.3 is 0 Å². The quantitative estimate of drug-likeness (QED) is 0.657. The van der Waals surface area contributed by atoms with Crippen molar-refractivity contribution >= 4 is 0 Å². The van der Waals surface area contributed by atoms with Crippen LogP contribution in [0.1, 0.15) is 13.8 Å². The second kappa shape index (κ2) is 5.80. The van der Waals surface area contributed by atoms with E-state index in [4.69, 9.17) is 5.11 Å². The van der Waals surface area contributed by atoms with Crippen LogP contribution in [0.15, 0.2) is 0 Å². The fourth-order valence-electron chi connectivity index (χ4n) is 1.97. The second-order valence-electron chi connectivity index (χ2n) is 5.16. The number of piperazine rings is 1. The van der Waals surface area contributed by atoms with Crippen LogP contribution in [-0.2, 0) is 0 Å². The molecule has 0 aromatic rings. The molecule has 4 nitrogen and oxygen atoms in total. The summed E-state index contributed by atoms with van der Waals surface area (Å²) in [5, 5.41) is 18.0. The minimum Gasteiger partial charge on any atom is -0.396 e. The maximum Gasteiger partial charge on any atom is 0.0558 e. The Bertz CT molecular complexity index is 177. The van der Waals surface area contributed by atoms with Crippen LogP contribution in [0, 0.1) is 5.41 Å². The highest BCUT2D eigenvalue weighted by Gasteiger charge is 2.23. The first-order chi connectivity index (χ1) is 7.07. The van der Waals surface area contributed by atoms with Crippen molar-refractivity contribution in [3.05, 3.63) is 0 Å². The van der Waals surface area contributed by atoms with Crippen LogP contribution >= 0.6 is 0 Å². The molecule has 1 rings (SSSR count). The van der Waals surface area contributed by atoms with E-state index in [0.717, 1.165) is 39.3 Å². The summed E-state index contributed by atoms with van der Waals surface area (Å²) in [6.07, 6.45) is 0. The number of aliphatic hydroxyl groups excluding tert-OH is 2. The molecule has 0 aromatic carbocycles. The summed E-state index contributed by atoms with van der Waals surface area (Å²) in [7, 11) is 0. The standard InChI is InChI=1S/C11H24N2O2/c1-11(2,10-15)9-13-5-3-12(4-6-13)7-8-14/h14-15H,3-10H2,1-2H3. The third-order valence-electron chi connectivity index (χ3n) is 2.96. The lowest BCUT2D eigenvalue weighted by atomic mass is 9.94. The van der Waals surface area contributed by atoms with Crippen molar-refractivity contribution in [2.24, 2.45) is 5.41 Å². The molecule has 1 fully saturated rings. The predicted octanol–water partition coefficient (Wildman–Crippen LogP) is -0.385. The van der Waals surface area contributed by atoms with Crippen LogP contribution < -0.4 is 0 Å². The molecule has 0 aromatic heterocycles. The highest BCUT2D eigenvalue weighted by molar-refractivity contribution is 4.78. The highest BCUT2D eigenvalue weighted by Crippen LogP contribution is 2.16. The van der Waals surface area contributed by atoms with E-state index in [2.05, 4.69) is 23.6 Å². The van der Waals surface area contributed by atoms with Gasteiger partial charge in [0.05, 0.1) is 6.61 Å². The molecule has 4 heteroatoms. The lowest BCUT2D eigenvalue weighted by molar-refractivity contribution is 0.0606. The topological polar surface area (TPSA) is 46.9 Å². The van der Waals surface area contributed by atoms with Crippen molar-refractivity contribution in [1.29, 1.82) is 0 Å². The van der Waals surface area contributed by atoms with Crippen LogP contribution in [-0.4, -0.2) is 72.5 Å². The number of aliphatic hydroxyl groups is 2. The first-order valence-corrected chi connectivity index (χ1v) is 5.74. The number of nitrogens with zero attached hydrogens (tertiary/aromatic N) is 2. The molecule has 0 unspecified atom stereocenters. The van der Waals surface area contributed by atoms with Gasteiger partial charge in [-0.3, -0.25) is 4.90 Å². The summed E-state index contributed by atoms with van der Waals surface area (Å²) >= 11 is 0. The van der Waals surface area contributed by atoms with Gasteiger partial charge in [0.1, 0.15) is 0 Å². The molecular weight excluding hydrogens is 192 g/mol. The molecule has 15 heavy (non-hydrogen) atoms. The van der Waals surface area contributed by atoms with Gasteiger partial charge in [-0.2, -0.15) is 0 Å². The third-order valence-corrected chi connectivity index (χ3v) is 2.96. The Hall–Kier alpha value is -0.160. The van der Waals surface area contributed by atoms with Gasteiger partial charge in [0.25, 0.3) is 0 Å². The number of β-amino-alcohol motifs (C(OH)–C–C–N with tert-alkyl or cyclic N) is 1. The summed E-state index contributed by atoms with van der Waals surface area (Å²) in [5.41, 5.74) is -0.000845. The van der Waals surface area contributed by atoms with E-state index >= 15 is 0 Å². The van der Waals surface area contributed by atoms with Gasteiger partial charge in [-0.25, -0.2) is 0 Å². The molecule has 1 aliphatic rings. The maximum atomic E-state index is 9.19. The molecule has 1 saturated heterocycles. The molecule has 0 saturated carbocycles. The number of rotatable bonds is 5. The molecule has 1 heterocycles. The summed E-state index contributed by atoms with van der Waals surface area (Å²) in [5.74, 6) is 0. The molecule has 2 N–H and O–H groups in total. The Morgan fingerprint density at radius 1 is 1.00 bits per heavy atom. The van der Waals surface area contributed by atoms with Gasteiger partial charge in [-0.1, -0.05) is 13.8 Å². The van der Waals surface area contributed by atoms with Gasteiger partial charge in [-0.05, 0) is 0 Å². The first kappa shape index (κ1) is 12.9. The van der Waals surface area contributed by atoms with E-state index in [0.29, 0.717) is 0 Å². The smallest absolute Gasteiger partial charge is 0.0558 e. The fourth-order valence-corrected chi connectivity index (χ4v) is 1.97. The first-order valence-electron chi connectivity index (χ1n) is 5.74. The SMILES string of the molecule is CC(C)(CO)CN1CCN(CCO)CC1. The van der Waals surface area contributed by atoms with Crippen LogP contribution in [0.5, 0.6) is 0 Å². The number of hydrogen-bond acceptors (Lipinski definition) is 4. The molecular formula is C11H24N2O2. The van der Waals surface area contributed by atoms with Gasteiger partial charge in [0, 0.05) is 51.3 Å². The van der Waals surface area contributed by atoms with Gasteiger partial charge in [0.15, 0.2) is 0 Å². The Morgan fingerprint density at radius 3 is 2.00 bits per heavy atom. The summed E-state index contributed by atoms with van der Waals surface area (Å²) < 4.78 is 0. The van der Waals surface area contributed by atoms with Gasteiger partial charge in [0.2, 0.25) is 0 Å². The molecule has 0 spiro atoms. The highest BCUT2D eigenvalue weighted by atomic mass is 16.3. The van der Waals surface area contributed by atoms with E-state index in [1.165, 1.54) is 0 Å². The van der Waals surface area contributed by atoms with Crippen molar-refractivity contribution < 1.29 is 10.2 Å². The minimum absolute atomic E-state index is 0.000845. The fraction of sp³-hybridized carbons (Fsp3) is 1.00. The van der Waals surface area contributed by atoms with Crippen molar-refractivity contribution in [2.75, 3.05) is 52.5 Å². The Balaban J connectivity index is 2.25. The van der Waals surface area contributed by atoms with Crippen LogP contribution in [0.4, 0.5) is 0 Å². The van der Waals surface area contributed by atoms with E-state index in [1.54, 1.807) is 0 Å². The molecule has 0 atom stereocenters. The van der Waals surface area contributed by atoms with E-state index in [9.17, 15) is 5.11 Å². The van der Waals surface area contributed by atoms with E-state index in [-0.39, 0.29) is 18.6 Å². The Kier molecular flexibility index (Phi) is 4.99. The molecule has 0 amide bonds. The van der Waals surface area contributed by atoms with Crippen LogP contribution in [0.2, 0.25) is 0 Å². The largest absolute Gasteiger partial charge is 0.396 e. The van der Waals surface area contributed by atoms with Crippen molar-refractivity contribution in [1.82, 2.24) is 9.80 Å². The molecule has 0 aliphatic carbocycles. The average Bonchev–Trinajstić information content (AvgIpc) is 2.21. The van der Waals surface area contributed by atoms with E-state index in [1.807, 2.05) is 0 Å². The predicted molar refractivity (Wildman–Crippen MR) is 60.8 cm³/mol. The summed E-state index contributed by atoms with van der Waals surface area (Å²) in [6.45, 7) is 10.6. The van der Waals surface area contributed by atoms with Gasteiger partial charge < -0.3 is 15.1 Å². The molecule has 0 radical (unpaired) electrons. The normalized spacial score (nSPS) is 20.8. The van der Waals surface area contributed by atoms with Crippen molar-refractivity contribution in [3.8, 4) is 0 Å². The van der Waals surface area contributed by atoms with Crippen molar-refractivity contribution in [2.45, 2.75) is 13.8 Å². The lowest BCUT2D eigenvalue weighted by Gasteiger charge is -2.38. The molecule has 1 aliphatic heterocycles. The minimum atomic E-state index is -0.000845. The monoisotopic (exact) mass is 216 g/mol. The zero-order valence-corrected chi connectivity index (χ0v) is 9.95.